The van der Waals surface area contributed by atoms with Gasteiger partial charge in [-0.1, -0.05) is 85.2 Å². The topological polar surface area (TPSA) is 241 Å². The molecule has 1 unspecified atom stereocenters. The predicted octanol–water partition coefficient (Wildman–Crippen LogP) is 2.48. The molecule has 70 heavy (non-hydrogen) atoms. The van der Waals surface area contributed by atoms with Crippen LogP contribution in [-0.2, 0) is 59.1 Å². The van der Waals surface area contributed by atoms with Crippen LogP contribution in [0.5, 0.6) is 0 Å². The van der Waals surface area contributed by atoms with Crippen molar-refractivity contribution in [2.45, 2.75) is 158 Å². The Labute approximate surface area is 415 Å². The number of rotatable bonds is 9. The van der Waals surface area contributed by atoms with Crippen molar-refractivity contribution in [3.63, 3.8) is 0 Å². The molecule has 1 saturated heterocycles. The van der Waals surface area contributed by atoms with Gasteiger partial charge in [-0.15, -0.1) is 0 Å². The number of hydrogen-bond acceptors (Lipinski definition) is 11. The van der Waals surface area contributed by atoms with Gasteiger partial charge in [-0.2, -0.15) is 0 Å². The smallest absolute Gasteiger partial charge is 0.311 e. The molecule has 4 N–H and O–H groups in total. The molecule has 1 aliphatic heterocycles. The molecule has 0 aliphatic carbocycles. The number of amides is 8. The summed E-state index contributed by atoms with van der Waals surface area (Å²) in [7, 11) is 5.63. The van der Waals surface area contributed by atoms with Crippen molar-refractivity contribution in [3.8, 4) is 0 Å². The number of nitrogens with zero attached hydrogens (tertiary/aromatic N) is 4. The second kappa shape index (κ2) is 26.9. The molecule has 0 radical (unpaired) electrons. The fourth-order valence-electron chi connectivity index (χ4n) is 8.43. The molecule has 0 bridgehead atoms. The lowest BCUT2D eigenvalue weighted by atomic mass is 9.82. The van der Waals surface area contributed by atoms with Crippen LogP contribution >= 0.6 is 0 Å². The molecular weight excluding hydrogens is 901 g/mol. The first-order valence-electron chi connectivity index (χ1n) is 24.5. The summed E-state index contributed by atoms with van der Waals surface area (Å²) >= 11 is 0. The summed E-state index contributed by atoms with van der Waals surface area (Å²) in [5.41, 5.74) is -1.07. The minimum absolute atomic E-state index is 0.0208. The Bertz CT molecular complexity index is 2030. The molecule has 19 nitrogen and oxygen atoms in total. The van der Waals surface area contributed by atoms with Gasteiger partial charge in [0.15, 0.2) is 11.9 Å². The molecule has 0 aromatic heterocycles. The van der Waals surface area contributed by atoms with E-state index in [1.165, 1.54) is 70.6 Å². The van der Waals surface area contributed by atoms with Gasteiger partial charge in [0.05, 0.1) is 25.0 Å². The number of esters is 1. The number of benzene rings is 1. The first-order chi connectivity index (χ1) is 32.5. The van der Waals surface area contributed by atoms with E-state index in [0.717, 1.165) is 4.90 Å². The lowest BCUT2D eigenvalue weighted by Crippen LogP contribution is -2.60. The molecule has 1 aromatic carbocycles. The highest BCUT2D eigenvalue weighted by Gasteiger charge is 2.45. The van der Waals surface area contributed by atoms with Crippen LogP contribution in [0.3, 0.4) is 0 Å². The van der Waals surface area contributed by atoms with Crippen LogP contribution < -0.4 is 21.3 Å². The van der Waals surface area contributed by atoms with Crippen molar-refractivity contribution >= 4 is 59.0 Å². The molecule has 19 heteroatoms. The average molecular weight is 983 g/mol. The maximum absolute atomic E-state index is 14.5. The molecule has 0 saturated carbocycles. The zero-order chi connectivity index (χ0) is 53.5. The average Bonchev–Trinajstić information content (AvgIpc) is 3.32. The number of carbonyl (C=O) groups is 10. The molecule has 9 atom stereocenters. The zero-order valence-electron chi connectivity index (χ0n) is 44.5. The summed E-state index contributed by atoms with van der Waals surface area (Å²) in [6.45, 7) is 18.7. The van der Waals surface area contributed by atoms with Crippen LogP contribution in [-0.4, -0.2) is 162 Å². The molecule has 8 amide bonds. The van der Waals surface area contributed by atoms with Gasteiger partial charge in [-0.25, -0.2) is 0 Å². The summed E-state index contributed by atoms with van der Waals surface area (Å²) in [4.78, 5) is 145. The van der Waals surface area contributed by atoms with Crippen LogP contribution in [0.1, 0.15) is 114 Å². The van der Waals surface area contributed by atoms with Crippen molar-refractivity contribution in [1.29, 1.82) is 0 Å². The van der Waals surface area contributed by atoms with Gasteiger partial charge in [-0.05, 0) is 71.3 Å². The van der Waals surface area contributed by atoms with E-state index in [1.807, 2.05) is 20.8 Å². The fourth-order valence-corrected chi connectivity index (χ4v) is 8.43. The van der Waals surface area contributed by atoms with Crippen molar-refractivity contribution < 1.29 is 52.7 Å². The SMILES string of the molecule is CCCC1NC(=O)[C@H](C)N(C)C(=O)C(C)(C)C(=O)[C@H](C)NC(=O)[C@H](Cc2ccccc2)N(C)C(=O)[C@H](C(C)C)N(C)C(=O)CNC(=O)[C@H](CC(C)C)N(C)C(=O)CNC(=O)[C@H]([C@@H](C)CC)OC(=O)[C@H]1C. The van der Waals surface area contributed by atoms with Crippen molar-refractivity contribution in [1.82, 2.24) is 40.9 Å². The van der Waals surface area contributed by atoms with E-state index in [2.05, 4.69) is 21.3 Å². The van der Waals surface area contributed by atoms with E-state index in [0.29, 0.717) is 24.8 Å². The van der Waals surface area contributed by atoms with Gasteiger partial charge in [0.25, 0.3) is 5.91 Å². The van der Waals surface area contributed by atoms with E-state index in [4.69, 9.17) is 4.74 Å². The monoisotopic (exact) mass is 983 g/mol. The Balaban J connectivity index is 2.71. The zero-order valence-corrected chi connectivity index (χ0v) is 44.5. The molecular formula is C51H82N8O11. The highest BCUT2D eigenvalue weighted by atomic mass is 16.5. The van der Waals surface area contributed by atoms with E-state index in [9.17, 15) is 47.9 Å². The van der Waals surface area contributed by atoms with Gasteiger partial charge < -0.3 is 45.6 Å². The third-order valence-corrected chi connectivity index (χ3v) is 13.5. The standard InChI is InChI=1S/C51H82N8O11/c1-17-22-36-32(8)49(68)70-42(31(7)18-2)47(66)53-27-39(60)57(14)37(25-29(3)4)45(64)52-28-40(61)59(16)41(30(5)6)48(67)58(15)38(26-35-23-20-19-21-24-35)46(65)54-33(9)43(62)51(11,12)50(69)56(13)34(10)44(63)55-36/h19-21,23-24,29-34,36-38,41-42H,17-18,22,25-28H2,1-16H3,(H,52,64)(H,53,66)(H,54,65)(H,55,63)/t31-,32-,33-,34-,36?,37-,38-,41-,42-/m0/s1. The maximum atomic E-state index is 14.5. The van der Waals surface area contributed by atoms with Crippen LogP contribution in [0.4, 0.5) is 0 Å². The van der Waals surface area contributed by atoms with Gasteiger partial charge >= 0.3 is 5.97 Å². The Kier molecular flexibility index (Phi) is 23.2. The van der Waals surface area contributed by atoms with E-state index in [-0.39, 0.29) is 18.8 Å². The Morgan fingerprint density at radius 2 is 1.24 bits per heavy atom. The van der Waals surface area contributed by atoms with Crippen molar-refractivity contribution in [3.05, 3.63) is 35.9 Å². The van der Waals surface area contributed by atoms with E-state index < -0.39 is 138 Å². The molecule has 1 aliphatic rings. The van der Waals surface area contributed by atoms with Crippen LogP contribution in [0.25, 0.3) is 0 Å². The van der Waals surface area contributed by atoms with Gasteiger partial charge in [-0.3, -0.25) is 47.9 Å². The Hall–Kier alpha value is -5.88. The second-order valence-electron chi connectivity index (χ2n) is 20.2. The lowest BCUT2D eigenvalue weighted by Gasteiger charge is -2.37. The first-order valence-corrected chi connectivity index (χ1v) is 24.5. The van der Waals surface area contributed by atoms with Gasteiger partial charge in [0.1, 0.15) is 29.6 Å². The minimum Gasteiger partial charge on any atom is -0.452 e. The summed E-state index contributed by atoms with van der Waals surface area (Å²) in [6, 6.07) is 2.34. The van der Waals surface area contributed by atoms with Crippen LogP contribution in [0.2, 0.25) is 0 Å². The highest BCUT2D eigenvalue weighted by molar-refractivity contribution is 6.09. The lowest BCUT2D eigenvalue weighted by molar-refractivity contribution is -0.164. The second-order valence-corrected chi connectivity index (χ2v) is 20.2. The van der Waals surface area contributed by atoms with Crippen LogP contribution in [0.15, 0.2) is 30.3 Å². The summed E-state index contributed by atoms with van der Waals surface area (Å²) in [5.74, 6) is -8.77. The van der Waals surface area contributed by atoms with Gasteiger partial charge in [0.2, 0.25) is 41.4 Å². The largest absolute Gasteiger partial charge is 0.452 e. The number of Topliss-reactive ketones (excluding diaryl/α,β-unsaturated/α-hetero) is 1. The molecule has 1 heterocycles. The number of cyclic esters (lactones) is 1. The molecule has 1 fully saturated rings. The van der Waals surface area contributed by atoms with Crippen molar-refractivity contribution in [2.24, 2.45) is 29.1 Å². The highest BCUT2D eigenvalue weighted by Crippen LogP contribution is 2.25. The third kappa shape index (κ3) is 15.8. The fraction of sp³-hybridized carbons (Fsp3) is 0.686. The predicted molar refractivity (Wildman–Crippen MR) is 264 cm³/mol. The Morgan fingerprint density at radius 1 is 0.686 bits per heavy atom. The number of ether oxygens (including phenoxy) is 1. The summed E-state index contributed by atoms with van der Waals surface area (Å²) in [5, 5.41) is 10.8. The summed E-state index contributed by atoms with van der Waals surface area (Å²) < 4.78 is 5.82. The van der Waals surface area contributed by atoms with Crippen molar-refractivity contribution in [2.75, 3.05) is 41.3 Å². The summed E-state index contributed by atoms with van der Waals surface area (Å²) in [6.07, 6.45) is 0.191. The number of nitrogens with one attached hydrogen (secondary N) is 4. The third-order valence-electron chi connectivity index (χ3n) is 13.5. The molecule has 0 spiro atoms. The van der Waals surface area contributed by atoms with E-state index in [1.54, 1.807) is 65.0 Å². The Morgan fingerprint density at radius 3 is 1.77 bits per heavy atom. The molecule has 1 aromatic rings. The van der Waals surface area contributed by atoms with Gasteiger partial charge in [0, 0.05) is 46.6 Å². The van der Waals surface area contributed by atoms with E-state index >= 15 is 0 Å². The number of carbonyl (C=O) groups excluding carboxylic acids is 10. The molecule has 392 valence electrons. The number of ketones is 1. The minimum atomic E-state index is -1.77. The first kappa shape index (κ1) is 60.2. The number of hydrogen-bond donors (Lipinski definition) is 4. The maximum Gasteiger partial charge on any atom is 0.311 e. The number of likely N-dealkylation sites (N-methyl/N-ethyl adjacent to an activating group) is 4. The van der Waals surface area contributed by atoms with Crippen LogP contribution in [0, 0.1) is 29.1 Å². The quantitative estimate of drug-likeness (QED) is 0.207. The molecule has 2 rings (SSSR count). The normalized spacial score (nSPS) is 26.9.